The summed E-state index contributed by atoms with van der Waals surface area (Å²) in [5.41, 5.74) is 6.35. The average Bonchev–Trinajstić information content (AvgIpc) is 2.88. The molecule has 6 nitrogen and oxygen atoms in total. The Bertz CT molecular complexity index is 1330. The fraction of sp³-hybridized carbons (Fsp3) is 0.111. The minimum Gasteiger partial charge on any atom is -0.493 e. The van der Waals surface area contributed by atoms with Crippen molar-refractivity contribution in [2.45, 2.75) is 6.42 Å². The number of benzene rings is 4. The second kappa shape index (κ2) is 11.9. The van der Waals surface area contributed by atoms with Crippen LogP contribution in [0.4, 0.5) is 0 Å². The Balaban J connectivity index is 1.22. The Morgan fingerprint density at radius 2 is 1.57 bits per heavy atom. The molecule has 0 saturated carbocycles. The third kappa shape index (κ3) is 6.83. The van der Waals surface area contributed by atoms with Crippen LogP contribution >= 0.6 is 31.9 Å². The Labute approximate surface area is 219 Å². The summed E-state index contributed by atoms with van der Waals surface area (Å²) in [6.07, 6.45) is 0.796. The van der Waals surface area contributed by atoms with E-state index in [1.807, 2.05) is 42.5 Å². The van der Waals surface area contributed by atoms with E-state index in [0.717, 1.165) is 26.1 Å². The van der Waals surface area contributed by atoms with Crippen molar-refractivity contribution in [3.8, 4) is 11.5 Å². The Morgan fingerprint density at radius 1 is 0.800 bits per heavy atom. The van der Waals surface area contributed by atoms with Crippen molar-refractivity contribution in [2.24, 2.45) is 0 Å². The molecule has 0 aliphatic rings. The topological polar surface area (TPSA) is 76.7 Å². The molecule has 0 radical (unpaired) electrons. The predicted octanol–water partition coefficient (Wildman–Crippen LogP) is 5.83. The molecule has 0 atom stereocenters. The number of rotatable bonds is 8. The molecule has 0 heterocycles. The first-order chi connectivity index (χ1) is 17.0. The molecule has 0 saturated heterocycles. The molecule has 178 valence electrons. The van der Waals surface area contributed by atoms with E-state index in [2.05, 4.69) is 54.8 Å². The largest absolute Gasteiger partial charge is 0.493 e. The molecule has 35 heavy (non-hydrogen) atoms. The van der Waals surface area contributed by atoms with Gasteiger partial charge in [0.2, 0.25) is 0 Å². The van der Waals surface area contributed by atoms with Gasteiger partial charge in [0.1, 0.15) is 11.5 Å². The quantitative estimate of drug-likeness (QED) is 0.251. The van der Waals surface area contributed by atoms with Gasteiger partial charge in [-0.15, -0.1) is 0 Å². The first kappa shape index (κ1) is 24.8. The Hall–Kier alpha value is -3.36. The second-order valence-electron chi connectivity index (χ2n) is 7.64. The Morgan fingerprint density at radius 3 is 2.34 bits per heavy atom. The van der Waals surface area contributed by atoms with Gasteiger partial charge in [0.05, 0.1) is 11.1 Å². The molecule has 4 aromatic carbocycles. The highest BCUT2D eigenvalue weighted by Gasteiger charge is 2.11. The molecule has 0 unspecified atom stereocenters. The summed E-state index contributed by atoms with van der Waals surface area (Å²) >= 11 is 6.98. The molecule has 0 aliphatic carbocycles. The number of nitrogens with one attached hydrogen (secondary N) is 2. The molecule has 2 amide bonds. The fourth-order valence-corrected chi connectivity index (χ4v) is 4.35. The third-order valence-electron chi connectivity index (χ3n) is 5.17. The van der Waals surface area contributed by atoms with Gasteiger partial charge in [0.15, 0.2) is 6.61 Å². The van der Waals surface area contributed by atoms with Crippen molar-refractivity contribution in [3.05, 3.63) is 105 Å². The lowest BCUT2D eigenvalue weighted by Gasteiger charge is -2.12. The minimum atomic E-state index is -0.484. The summed E-state index contributed by atoms with van der Waals surface area (Å²) in [7, 11) is 0. The van der Waals surface area contributed by atoms with Gasteiger partial charge in [-0.1, -0.05) is 58.4 Å². The molecule has 8 heteroatoms. The third-order valence-corrected chi connectivity index (χ3v) is 6.48. The Kier molecular flexibility index (Phi) is 8.39. The summed E-state index contributed by atoms with van der Waals surface area (Å²) in [4.78, 5) is 24.5. The average molecular weight is 598 g/mol. The van der Waals surface area contributed by atoms with Gasteiger partial charge in [-0.25, -0.2) is 0 Å². The van der Waals surface area contributed by atoms with Gasteiger partial charge in [0.25, 0.3) is 11.8 Å². The monoisotopic (exact) mass is 596 g/mol. The molecule has 4 aromatic rings. The summed E-state index contributed by atoms with van der Waals surface area (Å²) in [5, 5.41) is 2.00. The minimum absolute atomic E-state index is 0.255. The number of hydrogen-bond donors (Lipinski definition) is 2. The lowest BCUT2D eigenvalue weighted by atomic mass is 10.1. The molecular weight excluding hydrogens is 576 g/mol. The zero-order valence-corrected chi connectivity index (χ0v) is 21.8. The molecule has 4 rings (SSSR count). The number of hydrogen-bond acceptors (Lipinski definition) is 4. The van der Waals surface area contributed by atoms with Crippen LogP contribution in [-0.4, -0.2) is 25.0 Å². The van der Waals surface area contributed by atoms with E-state index in [9.17, 15) is 9.59 Å². The lowest BCUT2D eigenvalue weighted by Crippen LogP contribution is -2.43. The van der Waals surface area contributed by atoms with Gasteiger partial charge in [-0.05, 0) is 74.7 Å². The van der Waals surface area contributed by atoms with E-state index < -0.39 is 11.8 Å². The molecule has 0 bridgehead atoms. The van der Waals surface area contributed by atoms with Crippen LogP contribution in [0.2, 0.25) is 0 Å². The van der Waals surface area contributed by atoms with Crippen LogP contribution in [-0.2, 0) is 11.2 Å². The van der Waals surface area contributed by atoms with E-state index in [4.69, 9.17) is 9.47 Å². The van der Waals surface area contributed by atoms with E-state index >= 15 is 0 Å². The predicted molar refractivity (Wildman–Crippen MR) is 143 cm³/mol. The van der Waals surface area contributed by atoms with Crippen molar-refractivity contribution >= 4 is 54.4 Å². The van der Waals surface area contributed by atoms with Crippen LogP contribution in [0.5, 0.6) is 11.5 Å². The van der Waals surface area contributed by atoms with Crippen molar-refractivity contribution < 1.29 is 19.1 Å². The van der Waals surface area contributed by atoms with Crippen LogP contribution in [0.1, 0.15) is 15.9 Å². The van der Waals surface area contributed by atoms with E-state index in [-0.39, 0.29) is 6.61 Å². The SMILES string of the molecule is O=C(COc1ccc2cc(Br)ccc2c1Br)NNC(=O)c1ccc(OCCc2ccccc2)cc1. The zero-order chi connectivity index (χ0) is 24.6. The highest BCUT2D eigenvalue weighted by Crippen LogP contribution is 2.34. The second-order valence-corrected chi connectivity index (χ2v) is 9.35. The van der Waals surface area contributed by atoms with E-state index in [1.165, 1.54) is 5.56 Å². The molecule has 0 fully saturated rings. The molecule has 0 aromatic heterocycles. The van der Waals surface area contributed by atoms with Crippen LogP contribution < -0.4 is 20.3 Å². The first-order valence-corrected chi connectivity index (χ1v) is 12.4. The number of amides is 2. The molecule has 0 aliphatic heterocycles. The smallest absolute Gasteiger partial charge is 0.276 e. The van der Waals surface area contributed by atoms with Crippen LogP contribution in [0.15, 0.2) is 93.9 Å². The maximum Gasteiger partial charge on any atom is 0.276 e. The number of carbonyl (C=O) groups excluding carboxylic acids is 2. The lowest BCUT2D eigenvalue weighted by molar-refractivity contribution is -0.123. The molecular formula is C27H22Br2N2O4. The van der Waals surface area contributed by atoms with Crippen molar-refractivity contribution in [1.82, 2.24) is 10.9 Å². The first-order valence-electron chi connectivity index (χ1n) is 10.9. The number of fused-ring (bicyclic) bond motifs is 1. The van der Waals surface area contributed by atoms with E-state index in [0.29, 0.717) is 23.7 Å². The van der Waals surface area contributed by atoms with Gasteiger partial charge in [0, 0.05) is 16.5 Å². The van der Waals surface area contributed by atoms with Crippen molar-refractivity contribution in [1.29, 1.82) is 0 Å². The zero-order valence-electron chi connectivity index (χ0n) is 18.6. The molecule has 0 spiro atoms. The van der Waals surface area contributed by atoms with Gasteiger partial charge >= 0.3 is 0 Å². The van der Waals surface area contributed by atoms with Gasteiger partial charge < -0.3 is 9.47 Å². The standard InChI is InChI=1S/C27H22Br2N2O4/c28-21-9-12-23-20(16-21)8-13-24(26(23)29)35-17-25(32)30-31-27(33)19-6-10-22(11-7-19)34-15-14-18-4-2-1-3-5-18/h1-13,16H,14-15,17H2,(H,30,32)(H,31,33). The normalized spacial score (nSPS) is 10.6. The van der Waals surface area contributed by atoms with Crippen molar-refractivity contribution in [3.63, 3.8) is 0 Å². The summed E-state index contributed by atoms with van der Waals surface area (Å²) in [6, 6.07) is 26.4. The number of halogens is 2. The summed E-state index contributed by atoms with van der Waals surface area (Å²) in [6.45, 7) is 0.283. The maximum atomic E-state index is 12.3. The number of ether oxygens (including phenoxy) is 2. The van der Waals surface area contributed by atoms with Crippen LogP contribution in [0, 0.1) is 0 Å². The molecule has 2 N–H and O–H groups in total. The maximum absolute atomic E-state index is 12.3. The highest BCUT2D eigenvalue weighted by molar-refractivity contribution is 9.11. The van der Waals surface area contributed by atoms with Crippen LogP contribution in [0.3, 0.4) is 0 Å². The fourth-order valence-electron chi connectivity index (χ4n) is 3.37. The highest BCUT2D eigenvalue weighted by atomic mass is 79.9. The number of hydrazine groups is 1. The van der Waals surface area contributed by atoms with Gasteiger partial charge in [-0.2, -0.15) is 0 Å². The summed E-state index contributed by atoms with van der Waals surface area (Å²) < 4.78 is 13.1. The van der Waals surface area contributed by atoms with E-state index in [1.54, 1.807) is 30.3 Å². The van der Waals surface area contributed by atoms with Crippen LogP contribution in [0.25, 0.3) is 10.8 Å². The van der Waals surface area contributed by atoms with Crippen molar-refractivity contribution in [2.75, 3.05) is 13.2 Å². The number of carbonyl (C=O) groups is 2. The summed E-state index contributed by atoms with van der Waals surface area (Å²) in [5.74, 6) is 0.279. The van der Waals surface area contributed by atoms with Gasteiger partial charge in [-0.3, -0.25) is 20.4 Å².